The number of aliphatic hydroxyl groups excluding tert-OH is 6. The lowest BCUT2D eigenvalue weighted by atomic mass is 9.81. The zero-order valence-corrected chi connectivity index (χ0v) is 54.7. The minimum atomic E-state index is -0.857. The van der Waals surface area contributed by atoms with Crippen LogP contribution in [0.3, 0.4) is 0 Å². The largest absolute Gasteiger partial charge is 0.462 e. The van der Waals surface area contributed by atoms with E-state index >= 15 is 0 Å². The lowest BCUT2D eigenvalue weighted by Gasteiger charge is -2.38. The number of allylic oxidation sites excluding steroid dienone is 4. The summed E-state index contributed by atoms with van der Waals surface area (Å²) < 4.78 is 27.4. The highest BCUT2D eigenvalue weighted by Crippen LogP contribution is 2.34. The Morgan fingerprint density at radius 2 is 0.940 bits per heavy atom. The first-order valence-corrected chi connectivity index (χ1v) is 31.1. The van der Waals surface area contributed by atoms with Crippen molar-refractivity contribution >= 4 is 24.1 Å². The fourth-order valence-electron chi connectivity index (χ4n) is 12.2. The molecule has 2 saturated heterocycles. The van der Waals surface area contributed by atoms with E-state index in [-0.39, 0.29) is 113 Å². The smallest absolute Gasteiger partial charge is 0.404 e. The van der Waals surface area contributed by atoms with Gasteiger partial charge in [0.25, 0.3) is 0 Å². The van der Waals surface area contributed by atoms with Gasteiger partial charge in [0.1, 0.15) is 24.4 Å². The quantitative estimate of drug-likeness (QED) is 0.0172. The number of carbonyl (C=O) groups is 4. The summed E-state index contributed by atoms with van der Waals surface area (Å²) in [4.78, 5) is 47.2. The first-order chi connectivity index (χ1) is 39.1. The van der Waals surface area contributed by atoms with Crippen LogP contribution in [0.2, 0.25) is 0 Å². The average Bonchev–Trinajstić information content (AvgIpc) is 3.32. The van der Waals surface area contributed by atoms with Gasteiger partial charge in [-0.1, -0.05) is 176 Å². The Morgan fingerprint density at radius 1 is 0.560 bits per heavy atom. The van der Waals surface area contributed by atoms with Crippen LogP contribution in [0.1, 0.15) is 170 Å². The number of carbonyl (C=O) groups excluding carboxylic acids is 4. The predicted molar refractivity (Wildman–Crippen MR) is 332 cm³/mol. The summed E-state index contributed by atoms with van der Waals surface area (Å²) in [6, 6.07) is 0. The molecule has 2 aliphatic rings. The van der Waals surface area contributed by atoms with E-state index < -0.39 is 67.1 Å². The second-order valence-electron chi connectivity index (χ2n) is 25.5. The minimum Gasteiger partial charge on any atom is -0.462 e. The fraction of sp³-hybridized carbons (Fsp3) is 0.761. The van der Waals surface area contributed by atoms with Crippen LogP contribution in [0.25, 0.3) is 0 Å². The van der Waals surface area contributed by atoms with Gasteiger partial charge in [0.05, 0.1) is 54.6 Å². The number of amides is 2. The molecule has 17 heteroatoms. The summed E-state index contributed by atoms with van der Waals surface area (Å²) in [6.07, 6.45) is 15.0. The number of ether oxygens (including phenoxy) is 5. The van der Waals surface area contributed by atoms with Crippen molar-refractivity contribution in [3.63, 3.8) is 0 Å². The second kappa shape index (κ2) is 38.7. The van der Waals surface area contributed by atoms with Crippen molar-refractivity contribution < 1.29 is 73.5 Å². The molecule has 25 atom stereocenters. The molecule has 0 unspecified atom stereocenters. The summed E-state index contributed by atoms with van der Waals surface area (Å²) in [7, 11) is 1.58. The molecular weight excluding hydrogens is 1070 g/mol. The molecule has 0 radical (unpaired) electrons. The van der Waals surface area contributed by atoms with Gasteiger partial charge in [-0.05, 0) is 70.6 Å². The number of rotatable bonds is 33. The zero-order chi connectivity index (χ0) is 64.5. The summed E-state index contributed by atoms with van der Waals surface area (Å²) in [6.45, 7) is 34.9. The highest BCUT2D eigenvalue weighted by Gasteiger charge is 2.42. The van der Waals surface area contributed by atoms with Gasteiger partial charge in [-0.2, -0.15) is 0 Å². The zero-order valence-electron chi connectivity index (χ0n) is 54.7. The van der Waals surface area contributed by atoms with Crippen LogP contribution in [0.15, 0.2) is 71.9 Å². The predicted octanol–water partition coefficient (Wildman–Crippen LogP) is 10.7. The van der Waals surface area contributed by atoms with Gasteiger partial charge in [-0.15, -0.1) is 0 Å². The second-order valence-corrected chi connectivity index (χ2v) is 25.5. The Balaban J connectivity index is 0.000000841. The lowest BCUT2D eigenvalue weighted by molar-refractivity contribution is -0.182. The maximum Gasteiger partial charge on any atom is 0.404 e. The molecule has 0 aliphatic carbocycles. The number of cyclic esters (lactones) is 2. The van der Waals surface area contributed by atoms with Crippen molar-refractivity contribution in [2.24, 2.45) is 94.3 Å². The molecule has 2 fully saturated rings. The van der Waals surface area contributed by atoms with Crippen molar-refractivity contribution in [3.05, 3.63) is 71.9 Å². The number of aliphatic hydroxyl groups is 6. The third-order valence-corrected chi connectivity index (χ3v) is 17.5. The molecule has 10 N–H and O–H groups in total. The number of methoxy groups -OCH3 is 1. The van der Waals surface area contributed by atoms with Gasteiger partial charge < -0.3 is 65.8 Å². The standard InChI is InChI=1S/C34H59NO8.C33H57NO7/c1-11-12-13-21(4)31(43-34(35)40)25(8)30(38)23(6)17-19(2)16-22(5)29(37)20(3)14-15-27(36)18-28-24(7)32(41-10)26(9)33(39)42-28;1-10-11-12-21(4)31(41-33(34)39)26(9)30(37)24(7)16-19(2)15-23(6)29(36)20(3)13-14-27(35)18-28-22(5)17-25(8)32(38)40-28/h12-16,20-32,36-38H,11,17-18H2,1-10H3,(H2,35,40);11-15,20-31,35-37H,10,16-18H2,1-9H3,(H2,34,39)/b13-12-,15-14-,19-16-;12-11-,14-13-,19-15-/t20-,21-,22-,23-,24-,25-,26+,27+,28-,29-,30+,31-,32-;20-,21-,22+,23-,24-,25+,26-,27+,28-,29-,30+,31-/m00/s1. The fourth-order valence-corrected chi connectivity index (χ4v) is 12.2. The molecule has 2 aliphatic heterocycles. The molecule has 17 nitrogen and oxygen atoms in total. The van der Waals surface area contributed by atoms with Crippen LogP contribution in [0.5, 0.6) is 0 Å². The van der Waals surface area contributed by atoms with Crippen molar-refractivity contribution in [3.8, 4) is 0 Å². The van der Waals surface area contributed by atoms with E-state index in [9.17, 15) is 49.8 Å². The van der Waals surface area contributed by atoms with E-state index in [0.29, 0.717) is 19.3 Å². The lowest BCUT2D eigenvalue weighted by Crippen LogP contribution is -2.48. The SMILES string of the molecule is CC/C=C\[C@H](C)[C@H](OC(N)=O)[C@@H](C)[C@H](O)[C@@H](C)C/C(C)=C\[C@H](C)[C@@H](O)[C@@H](C)/C=C\[C@@H](O)C[C@@H]1OC(=O)[C@H](C)C[C@H]1C.CC/C=C\[C@H](C)[C@H](OC(N)=O)[C@@H](C)[C@H](O)[C@@H](C)C/C(C)=C\[C@H](C)[C@@H](O)[C@@H](C)/C=C\[C@@H](O)C[C@@H]1OC(=O)[C@H](C)[C@@H](OC)[C@H]1C. The Morgan fingerprint density at radius 3 is 1.31 bits per heavy atom. The van der Waals surface area contributed by atoms with Crippen molar-refractivity contribution in [2.45, 2.75) is 237 Å². The Labute approximate surface area is 505 Å². The summed E-state index contributed by atoms with van der Waals surface area (Å²) >= 11 is 0. The number of nitrogens with two attached hydrogens (primary N) is 2. The van der Waals surface area contributed by atoms with Gasteiger partial charge in [0.15, 0.2) is 0 Å². The molecule has 0 bridgehead atoms. The number of hydrogen-bond donors (Lipinski definition) is 8. The van der Waals surface area contributed by atoms with Gasteiger partial charge >= 0.3 is 24.1 Å². The molecule has 84 heavy (non-hydrogen) atoms. The van der Waals surface area contributed by atoms with E-state index in [1.165, 1.54) is 0 Å². The summed E-state index contributed by atoms with van der Waals surface area (Å²) in [5.41, 5.74) is 12.7. The Bertz CT molecular complexity index is 2140. The third kappa shape index (κ3) is 26.3. The van der Waals surface area contributed by atoms with Crippen LogP contribution in [0, 0.1) is 82.9 Å². The molecule has 0 spiro atoms. The average molecular weight is 1190 g/mol. The maximum atomic E-state index is 12.2. The topological polar surface area (TPSA) is 288 Å². The normalized spacial score (nSPS) is 27.5. The molecule has 0 aromatic carbocycles. The maximum absolute atomic E-state index is 12.2. The van der Waals surface area contributed by atoms with E-state index in [1.807, 2.05) is 160 Å². The number of primary amides is 2. The Hall–Kier alpha value is -4.36. The van der Waals surface area contributed by atoms with Crippen LogP contribution in [-0.4, -0.2) is 129 Å². The molecule has 2 heterocycles. The van der Waals surface area contributed by atoms with E-state index in [2.05, 4.69) is 0 Å². The van der Waals surface area contributed by atoms with Crippen LogP contribution in [-0.2, 0) is 33.3 Å². The van der Waals surface area contributed by atoms with Crippen LogP contribution in [0.4, 0.5) is 9.59 Å². The first-order valence-electron chi connectivity index (χ1n) is 31.1. The van der Waals surface area contributed by atoms with Crippen molar-refractivity contribution in [1.82, 2.24) is 0 Å². The summed E-state index contributed by atoms with van der Waals surface area (Å²) in [5, 5.41) is 65.3. The molecule has 0 aromatic rings. The van der Waals surface area contributed by atoms with Gasteiger partial charge in [-0.25, -0.2) is 9.59 Å². The van der Waals surface area contributed by atoms with E-state index in [1.54, 1.807) is 32.3 Å². The van der Waals surface area contributed by atoms with E-state index in [4.69, 9.17) is 35.2 Å². The Kier molecular flexibility index (Phi) is 35.8. The van der Waals surface area contributed by atoms with Crippen molar-refractivity contribution in [1.29, 1.82) is 0 Å². The third-order valence-electron chi connectivity index (χ3n) is 17.5. The van der Waals surface area contributed by atoms with Gasteiger partial charge in [0, 0.05) is 73.2 Å². The number of hydrogen-bond acceptors (Lipinski definition) is 15. The number of esters is 2. The first kappa shape index (κ1) is 77.7. The van der Waals surface area contributed by atoms with Gasteiger partial charge in [0.2, 0.25) is 0 Å². The minimum absolute atomic E-state index is 0.0522. The highest BCUT2D eigenvalue weighted by molar-refractivity contribution is 5.74. The molecule has 0 saturated carbocycles. The van der Waals surface area contributed by atoms with E-state index in [0.717, 1.165) is 30.4 Å². The van der Waals surface area contributed by atoms with Crippen molar-refractivity contribution in [2.75, 3.05) is 7.11 Å². The molecule has 2 rings (SSSR count). The molecule has 0 aromatic heterocycles. The monoisotopic (exact) mass is 1190 g/mol. The summed E-state index contributed by atoms with van der Waals surface area (Å²) in [5.74, 6) is -2.72. The molecule has 484 valence electrons. The highest BCUT2D eigenvalue weighted by atomic mass is 16.6. The van der Waals surface area contributed by atoms with Crippen LogP contribution >= 0.6 is 0 Å². The van der Waals surface area contributed by atoms with Gasteiger partial charge in [-0.3, -0.25) is 9.59 Å². The molecule has 2 amide bonds. The molecular formula is C67H116N2O15. The van der Waals surface area contributed by atoms with Crippen LogP contribution < -0.4 is 11.5 Å².